The fourth-order valence-corrected chi connectivity index (χ4v) is 4.71. The molecule has 1 unspecified atom stereocenters. The molecule has 2 heterocycles. The van der Waals surface area contributed by atoms with Gasteiger partial charge in [0.1, 0.15) is 0 Å². The van der Waals surface area contributed by atoms with Crippen LogP contribution in [0.25, 0.3) is 0 Å². The molecule has 0 aromatic carbocycles. The second kappa shape index (κ2) is 9.82. The maximum atomic E-state index is 12.7. The number of nitrogens with zero attached hydrogens (tertiary/aromatic N) is 3. The van der Waals surface area contributed by atoms with Crippen LogP contribution < -0.4 is 0 Å². The van der Waals surface area contributed by atoms with Crippen LogP contribution in [0.3, 0.4) is 0 Å². The second-order valence-corrected chi connectivity index (χ2v) is 9.16. The molecule has 0 amide bonds. The van der Waals surface area contributed by atoms with E-state index in [-0.39, 0.29) is 17.0 Å². The third-order valence-electron chi connectivity index (χ3n) is 4.74. The molecule has 1 aromatic heterocycles. The lowest BCUT2D eigenvalue weighted by atomic mass is 10.2. The van der Waals surface area contributed by atoms with E-state index in [9.17, 15) is 8.42 Å². The summed E-state index contributed by atoms with van der Waals surface area (Å²) in [5.41, 5.74) is 0.917. The first-order chi connectivity index (χ1) is 12.4. The van der Waals surface area contributed by atoms with Gasteiger partial charge in [0.2, 0.25) is 15.0 Å². The molecule has 0 aliphatic carbocycles. The van der Waals surface area contributed by atoms with E-state index >= 15 is 0 Å². The third-order valence-corrected chi connectivity index (χ3v) is 6.57. The Balaban J connectivity index is 2.30. The van der Waals surface area contributed by atoms with Crippen molar-refractivity contribution in [3.05, 3.63) is 11.9 Å². The van der Waals surface area contributed by atoms with Crippen LogP contribution in [0, 0.1) is 0 Å². The largest absolute Gasteiger partial charge is 0.383 e. The van der Waals surface area contributed by atoms with E-state index in [0.717, 1.165) is 31.7 Å². The summed E-state index contributed by atoms with van der Waals surface area (Å²) in [6, 6.07) is 0.326. The number of rotatable bonds is 11. The summed E-state index contributed by atoms with van der Waals surface area (Å²) < 4.78 is 38.2. The number of methoxy groups -OCH3 is 1. The summed E-state index contributed by atoms with van der Waals surface area (Å²) in [6.45, 7) is 9.49. The van der Waals surface area contributed by atoms with E-state index in [4.69, 9.17) is 9.47 Å². The molecular weight excluding hydrogens is 354 g/mol. The molecular formula is C18H33N3O4S. The topological polar surface area (TPSA) is 73.7 Å². The van der Waals surface area contributed by atoms with Gasteiger partial charge in [-0.15, -0.1) is 0 Å². The Morgan fingerprint density at radius 1 is 1.46 bits per heavy atom. The second-order valence-electron chi connectivity index (χ2n) is 7.15. The highest BCUT2D eigenvalue weighted by Crippen LogP contribution is 2.21. The summed E-state index contributed by atoms with van der Waals surface area (Å²) in [6.07, 6.45) is 4.33. The molecule has 7 nitrogen and oxygen atoms in total. The molecule has 0 radical (unpaired) electrons. The number of aromatic nitrogens is 2. The molecule has 0 bridgehead atoms. The lowest BCUT2D eigenvalue weighted by molar-refractivity contribution is 0.0913. The van der Waals surface area contributed by atoms with E-state index < -0.39 is 9.84 Å². The molecule has 1 atom stereocenters. The Hall–Kier alpha value is -0.960. The molecule has 1 fully saturated rings. The molecule has 0 saturated carbocycles. The van der Waals surface area contributed by atoms with Gasteiger partial charge in [-0.3, -0.25) is 4.90 Å². The number of hydrogen-bond acceptors (Lipinski definition) is 6. The van der Waals surface area contributed by atoms with Crippen molar-refractivity contribution < 1.29 is 17.9 Å². The van der Waals surface area contributed by atoms with Crippen LogP contribution in [0.5, 0.6) is 0 Å². The van der Waals surface area contributed by atoms with Gasteiger partial charge >= 0.3 is 0 Å². The zero-order valence-electron chi connectivity index (χ0n) is 16.5. The molecule has 26 heavy (non-hydrogen) atoms. The zero-order valence-corrected chi connectivity index (χ0v) is 17.3. The number of imidazole rings is 1. The SMILES string of the molecule is CCCS(=O)(=O)c1ncc(CN(CCOC)C(C)C)n1CC1CCCO1. The van der Waals surface area contributed by atoms with E-state index in [0.29, 0.717) is 32.2 Å². The lowest BCUT2D eigenvalue weighted by Crippen LogP contribution is -2.34. The highest BCUT2D eigenvalue weighted by atomic mass is 32.2. The van der Waals surface area contributed by atoms with Crippen molar-refractivity contribution in [1.82, 2.24) is 14.5 Å². The van der Waals surface area contributed by atoms with Crippen LogP contribution in [0.15, 0.2) is 11.4 Å². The van der Waals surface area contributed by atoms with Gasteiger partial charge in [0.05, 0.1) is 36.9 Å². The highest BCUT2D eigenvalue weighted by molar-refractivity contribution is 7.91. The van der Waals surface area contributed by atoms with Gasteiger partial charge in [-0.1, -0.05) is 6.92 Å². The third kappa shape index (κ3) is 5.52. The molecule has 0 spiro atoms. The molecule has 1 aromatic rings. The van der Waals surface area contributed by atoms with E-state index in [1.165, 1.54) is 0 Å². The Morgan fingerprint density at radius 3 is 2.81 bits per heavy atom. The smallest absolute Gasteiger partial charge is 0.227 e. The normalized spacial score (nSPS) is 18.3. The van der Waals surface area contributed by atoms with E-state index in [1.807, 2.05) is 11.5 Å². The Labute approximate surface area is 157 Å². The summed E-state index contributed by atoms with van der Waals surface area (Å²) in [5, 5.41) is 0.181. The molecule has 2 rings (SSSR count). The summed E-state index contributed by atoms with van der Waals surface area (Å²) in [5.74, 6) is 0.118. The van der Waals surface area contributed by atoms with Crippen molar-refractivity contribution in [3.8, 4) is 0 Å². The maximum Gasteiger partial charge on any atom is 0.227 e. The molecule has 1 aliphatic heterocycles. The Bertz CT molecular complexity index is 651. The van der Waals surface area contributed by atoms with Gasteiger partial charge in [-0.25, -0.2) is 13.4 Å². The maximum absolute atomic E-state index is 12.7. The summed E-state index contributed by atoms with van der Waals surface area (Å²) in [4.78, 5) is 6.57. The van der Waals surface area contributed by atoms with Gasteiger partial charge in [0, 0.05) is 32.8 Å². The molecule has 1 saturated heterocycles. The van der Waals surface area contributed by atoms with Gasteiger partial charge in [0.15, 0.2) is 0 Å². The van der Waals surface area contributed by atoms with Gasteiger partial charge in [-0.2, -0.15) is 0 Å². The predicted molar refractivity (Wildman–Crippen MR) is 101 cm³/mol. The van der Waals surface area contributed by atoms with E-state index in [1.54, 1.807) is 13.3 Å². The van der Waals surface area contributed by atoms with Crippen LogP contribution in [0.1, 0.15) is 45.7 Å². The highest BCUT2D eigenvalue weighted by Gasteiger charge is 2.27. The summed E-state index contributed by atoms with van der Waals surface area (Å²) >= 11 is 0. The van der Waals surface area contributed by atoms with Crippen molar-refractivity contribution in [2.45, 2.75) is 70.4 Å². The van der Waals surface area contributed by atoms with Crippen LogP contribution in [-0.4, -0.2) is 67.6 Å². The minimum Gasteiger partial charge on any atom is -0.383 e. The van der Waals surface area contributed by atoms with E-state index in [2.05, 4.69) is 23.7 Å². The van der Waals surface area contributed by atoms with Crippen molar-refractivity contribution in [3.63, 3.8) is 0 Å². The Morgan fingerprint density at radius 2 is 2.23 bits per heavy atom. The molecule has 150 valence electrons. The average molecular weight is 388 g/mol. The standard InChI is InChI=1S/C18H33N3O4S/c1-5-11-26(22,23)18-19-12-16(13-20(15(2)3)8-10-24-4)21(18)14-17-7-6-9-25-17/h12,15,17H,5-11,13-14H2,1-4H3. The Kier molecular flexibility index (Phi) is 8.06. The number of ether oxygens (including phenoxy) is 2. The zero-order chi connectivity index (χ0) is 19.2. The van der Waals surface area contributed by atoms with Crippen LogP contribution >= 0.6 is 0 Å². The van der Waals surface area contributed by atoms with Crippen molar-refractivity contribution in [2.75, 3.05) is 32.6 Å². The van der Waals surface area contributed by atoms with Gasteiger partial charge in [0.25, 0.3) is 0 Å². The van der Waals surface area contributed by atoms with Crippen LogP contribution in [0.4, 0.5) is 0 Å². The number of hydrogen-bond donors (Lipinski definition) is 0. The first kappa shape index (κ1) is 21.3. The van der Waals surface area contributed by atoms with Crippen LogP contribution in [0.2, 0.25) is 0 Å². The minimum atomic E-state index is -3.38. The monoisotopic (exact) mass is 387 g/mol. The average Bonchev–Trinajstić information content (AvgIpc) is 3.22. The first-order valence-electron chi connectivity index (χ1n) is 9.50. The fourth-order valence-electron chi connectivity index (χ4n) is 3.25. The minimum absolute atomic E-state index is 0.0602. The van der Waals surface area contributed by atoms with Crippen molar-refractivity contribution in [2.24, 2.45) is 0 Å². The van der Waals surface area contributed by atoms with Crippen LogP contribution in [-0.2, 0) is 32.4 Å². The summed E-state index contributed by atoms with van der Waals surface area (Å²) in [7, 11) is -1.69. The number of sulfone groups is 1. The predicted octanol–water partition coefficient (Wildman–Crippen LogP) is 2.10. The molecule has 8 heteroatoms. The molecule has 0 N–H and O–H groups in total. The van der Waals surface area contributed by atoms with Crippen molar-refractivity contribution >= 4 is 9.84 Å². The lowest BCUT2D eigenvalue weighted by Gasteiger charge is -2.27. The van der Waals surface area contributed by atoms with Gasteiger partial charge in [-0.05, 0) is 33.1 Å². The first-order valence-corrected chi connectivity index (χ1v) is 11.2. The van der Waals surface area contributed by atoms with Gasteiger partial charge < -0.3 is 14.0 Å². The fraction of sp³-hybridized carbons (Fsp3) is 0.833. The quantitative estimate of drug-likeness (QED) is 0.579. The van der Waals surface area contributed by atoms with Crippen molar-refractivity contribution in [1.29, 1.82) is 0 Å². The molecule has 1 aliphatic rings.